The molecule has 1 N–H and O–H groups in total. The lowest BCUT2D eigenvalue weighted by Gasteiger charge is -2.21. The minimum atomic E-state index is 0.138. The fourth-order valence-corrected chi connectivity index (χ4v) is 2.32. The molecule has 2 rings (SSSR count). The molecule has 0 bridgehead atoms. The van der Waals surface area contributed by atoms with Crippen molar-refractivity contribution in [3.05, 3.63) is 35.4 Å². The van der Waals surface area contributed by atoms with E-state index in [1.54, 1.807) is 0 Å². The maximum atomic E-state index is 8.74. The summed E-state index contributed by atoms with van der Waals surface area (Å²) in [6.45, 7) is 4.60. The van der Waals surface area contributed by atoms with Gasteiger partial charge in [-0.1, -0.05) is 30.9 Å². The van der Waals surface area contributed by atoms with Crippen LogP contribution in [0.25, 0.3) is 0 Å². The Morgan fingerprint density at radius 1 is 1.37 bits per heavy atom. The van der Waals surface area contributed by atoms with Crippen LogP contribution in [0.5, 0.6) is 0 Å². The first-order chi connectivity index (χ1) is 9.33. The molecule has 1 fully saturated rings. The first-order valence-corrected chi connectivity index (χ1v) is 7.26. The molecular weight excluding hydrogens is 234 g/mol. The Morgan fingerprint density at radius 2 is 2.21 bits per heavy atom. The second-order valence-electron chi connectivity index (χ2n) is 5.18. The van der Waals surface area contributed by atoms with Gasteiger partial charge in [-0.2, -0.15) is 0 Å². The highest BCUT2D eigenvalue weighted by atomic mass is 16.2. The second-order valence-corrected chi connectivity index (χ2v) is 5.18. The van der Waals surface area contributed by atoms with Crippen LogP contribution in [0.1, 0.15) is 43.7 Å². The molecule has 0 aromatic heterocycles. The van der Waals surface area contributed by atoms with Crippen molar-refractivity contribution in [3.63, 3.8) is 0 Å². The molecule has 0 heterocycles. The normalized spacial score (nSPS) is 14.3. The van der Waals surface area contributed by atoms with Crippen LogP contribution < -0.4 is 0 Å². The van der Waals surface area contributed by atoms with E-state index in [1.165, 1.54) is 31.4 Å². The standard InChI is InChI=1S/C17H23NO/c1-2-11-18(17-9-10-17)14-16-8-5-7-15(13-16)6-3-4-12-19/h5,7-8,13,17,19H,2,4,9-12,14H2,1H3. The van der Waals surface area contributed by atoms with Gasteiger partial charge in [0, 0.05) is 24.6 Å². The summed E-state index contributed by atoms with van der Waals surface area (Å²) in [5, 5.41) is 8.74. The Hall–Kier alpha value is -1.30. The lowest BCUT2D eigenvalue weighted by Crippen LogP contribution is -2.26. The maximum Gasteiger partial charge on any atom is 0.0540 e. The van der Waals surface area contributed by atoms with Crippen LogP contribution in [0, 0.1) is 11.8 Å². The Balaban J connectivity index is 1.99. The van der Waals surface area contributed by atoms with E-state index in [0.29, 0.717) is 6.42 Å². The molecule has 0 saturated heterocycles. The third-order valence-electron chi connectivity index (χ3n) is 3.36. The van der Waals surface area contributed by atoms with Gasteiger partial charge in [0.05, 0.1) is 6.61 Å². The molecule has 1 aromatic rings. The smallest absolute Gasteiger partial charge is 0.0540 e. The van der Waals surface area contributed by atoms with Crippen molar-refractivity contribution in [1.82, 2.24) is 4.90 Å². The van der Waals surface area contributed by atoms with Gasteiger partial charge < -0.3 is 5.11 Å². The number of rotatable bonds is 6. The monoisotopic (exact) mass is 257 g/mol. The average Bonchev–Trinajstić information content (AvgIpc) is 3.23. The molecule has 102 valence electrons. The lowest BCUT2D eigenvalue weighted by molar-refractivity contribution is 0.255. The Labute approximate surface area is 116 Å². The zero-order chi connectivity index (χ0) is 13.5. The molecule has 2 heteroatoms. The van der Waals surface area contributed by atoms with Crippen molar-refractivity contribution in [2.45, 2.75) is 45.2 Å². The molecule has 1 saturated carbocycles. The summed E-state index contributed by atoms with van der Waals surface area (Å²) in [4.78, 5) is 2.58. The van der Waals surface area contributed by atoms with E-state index in [2.05, 4.69) is 41.9 Å². The third kappa shape index (κ3) is 4.70. The molecule has 0 amide bonds. The van der Waals surface area contributed by atoms with E-state index in [1.807, 2.05) is 6.07 Å². The Morgan fingerprint density at radius 3 is 2.89 bits per heavy atom. The van der Waals surface area contributed by atoms with E-state index in [0.717, 1.165) is 18.2 Å². The Kier molecular flexibility index (Phi) is 5.44. The largest absolute Gasteiger partial charge is 0.395 e. The van der Waals surface area contributed by atoms with E-state index in [-0.39, 0.29) is 6.61 Å². The molecule has 1 aliphatic rings. The SMILES string of the molecule is CCCN(Cc1cccc(C#CCCO)c1)C1CC1. The van der Waals surface area contributed by atoms with Gasteiger partial charge >= 0.3 is 0 Å². The van der Waals surface area contributed by atoms with Gasteiger partial charge in [0.15, 0.2) is 0 Å². The quantitative estimate of drug-likeness (QED) is 0.792. The van der Waals surface area contributed by atoms with Crippen LogP contribution in [0.4, 0.5) is 0 Å². The van der Waals surface area contributed by atoms with Gasteiger partial charge in [0.1, 0.15) is 0 Å². The van der Waals surface area contributed by atoms with E-state index < -0.39 is 0 Å². The number of benzene rings is 1. The zero-order valence-corrected chi connectivity index (χ0v) is 11.7. The minimum Gasteiger partial charge on any atom is -0.395 e. The van der Waals surface area contributed by atoms with E-state index >= 15 is 0 Å². The van der Waals surface area contributed by atoms with Crippen molar-refractivity contribution in [1.29, 1.82) is 0 Å². The number of hydrogen-bond acceptors (Lipinski definition) is 2. The predicted octanol–water partition coefficient (Wildman–Crippen LogP) is 2.79. The summed E-state index contributed by atoms with van der Waals surface area (Å²) in [7, 11) is 0. The maximum absolute atomic E-state index is 8.74. The van der Waals surface area contributed by atoms with Crippen molar-refractivity contribution in [3.8, 4) is 11.8 Å². The fraction of sp³-hybridized carbons (Fsp3) is 0.529. The van der Waals surface area contributed by atoms with Gasteiger partial charge in [-0.05, 0) is 43.5 Å². The van der Waals surface area contributed by atoms with Gasteiger partial charge in [0.2, 0.25) is 0 Å². The molecular formula is C17H23NO. The summed E-state index contributed by atoms with van der Waals surface area (Å²) < 4.78 is 0. The number of nitrogens with zero attached hydrogens (tertiary/aromatic N) is 1. The number of hydrogen-bond donors (Lipinski definition) is 1. The van der Waals surface area contributed by atoms with Crippen LogP contribution in [0.2, 0.25) is 0 Å². The molecule has 1 aromatic carbocycles. The number of aliphatic hydroxyl groups excluding tert-OH is 1. The molecule has 1 aliphatic carbocycles. The summed E-state index contributed by atoms with van der Waals surface area (Å²) in [5.41, 5.74) is 2.40. The molecule has 0 radical (unpaired) electrons. The van der Waals surface area contributed by atoms with Crippen LogP contribution in [-0.2, 0) is 6.54 Å². The van der Waals surface area contributed by atoms with Crippen molar-refractivity contribution in [2.24, 2.45) is 0 Å². The van der Waals surface area contributed by atoms with Crippen molar-refractivity contribution >= 4 is 0 Å². The highest BCUT2D eigenvalue weighted by molar-refractivity contribution is 5.37. The van der Waals surface area contributed by atoms with Crippen LogP contribution >= 0.6 is 0 Å². The molecule has 2 nitrogen and oxygen atoms in total. The summed E-state index contributed by atoms with van der Waals surface area (Å²) in [6, 6.07) is 9.28. The van der Waals surface area contributed by atoms with Crippen LogP contribution in [0.3, 0.4) is 0 Å². The molecule has 0 aliphatic heterocycles. The van der Waals surface area contributed by atoms with Gasteiger partial charge in [-0.3, -0.25) is 4.90 Å². The van der Waals surface area contributed by atoms with Gasteiger partial charge in [-0.25, -0.2) is 0 Å². The fourth-order valence-electron chi connectivity index (χ4n) is 2.32. The predicted molar refractivity (Wildman–Crippen MR) is 78.7 cm³/mol. The number of aliphatic hydroxyl groups is 1. The zero-order valence-electron chi connectivity index (χ0n) is 11.7. The van der Waals surface area contributed by atoms with Gasteiger partial charge in [0.25, 0.3) is 0 Å². The molecule has 0 spiro atoms. The summed E-state index contributed by atoms with van der Waals surface area (Å²) >= 11 is 0. The van der Waals surface area contributed by atoms with Crippen molar-refractivity contribution < 1.29 is 5.11 Å². The molecule has 19 heavy (non-hydrogen) atoms. The van der Waals surface area contributed by atoms with Crippen molar-refractivity contribution in [2.75, 3.05) is 13.2 Å². The summed E-state index contributed by atoms with van der Waals surface area (Å²) in [6.07, 6.45) is 4.48. The first kappa shape index (κ1) is 14.1. The van der Waals surface area contributed by atoms with Crippen LogP contribution in [-0.4, -0.2) is 29.2 Å². The average molecular weight is 257 g/mol. The highest BCUT2D eigenvalue weighted by Crippen LogP contribution is 2.28. The molecule has 0 unspecified atom stereocenters. The topological polar surface area (TPSA) is 23.5 Å². The van der Waals surface area contributed by atoms with E-state index in [9.17, 15) is 0 Å². The van der Waals surface area contributed by atoms with Crippen LogP contribution in [0.15, 0.2) is 24.3 Å². The first-order valence-electron chi connectivity index (χ1n) is 7.26. The lowest BCUT2D eigenvalue weighted by atomic mass is 10.1. The van der Waals surface area contributed by atoms with Gasteiger partial charge in [-0.15, -0.1) is 0 Å². The summed E-state index contributed by atoms with van der Waals surface area (Å²) in [5.74, 6) is 6.09. The highest BCUT2D eigenvalue weighted by Gasteiger charge is 2.28. The third-order valence-corrected chi connectivity index (χ3v) is 3.36. The van der Waals surface area contributed by atoms with E-state index in [4.69, 9.17) is 5.11 Å². The Bertz CT molecular complexity index is 454. The molecule has 0 atom stereocenters. The second kappa shape index (κ2) is 7.33. The minimum absolute atomic E-state index is 0.138.